The maximum atomic E-state index is 11.9. The van der Waals surface area contributed by atoms with Gasteiger partial charge in [-0.25, -0.2) is 0 Å². The molecule has 2 amide bonds. The number of fused-ring (bicyclic) bond motifs is 1. The fourth-order valence-electron chi connectivity index (χ4n) is 2.69. The minimum atomic E-state index is 0.00961. The molecule has 2 atom stereocenters. The second-order valence-corrected chi connectivity index (χ2v) is 4.47. The molecule has 2 aliphatic rings. The van der Waals surface area contributed by atoms with Crippen molar-refractivity contribution in [1.29, 1.82) is 0 Å². The highest BCUT2D eigenvalue weighted by Gasteiger charge is 2.49. The van der Waals surface area contributed by atoms with Crippen LogP contribution in [-0.2, 0) is 9.59 Å². The first-order valence-corrected chi connectivity index (χ1v) is 5.81. The van der Waals surface area contributed by atoms with E-state index in [4.69, 9.17) is 5.73 Å². The summed E-state index contributed by atoms with van der Waals surface area (Å²) in [5.74, 6) is 0.157. The highest BCUT2D eigenvalue weighted by Crippen LogP contribution is 2.39. The Balaban J connectivity index is 1.95. The molecule has 1 aliphatic carbocycles. The molecule has 2 N–H and O–H groups in total. The highest BCUT2D eigenvalue weighted by atomic mass is 16.2. The molecule has 0 bridgehead atoms. The van der Waals surface area contributed by atoms with Crippen LogP contribution in [-0.4, -0.2) is 29.8 Å². The van der Waals surface area contributed by atoms with Crippen LogP contribution in [0.25, 0.3) is 0 Å². The minimum Gasteiger partial charge on any atom is -0.330 e. The molecule has 0 aromatic heterocycles. The van der Waals surface area contributed by atoms with Crippen LogP contribution in [0, 0.1) is 11.8 Å². The zero-order chi connectivity index (χ0) is 10.8. The number of carbonyl (C=O) groups is 2. The van der Waals surface area contributed by atoms with Crippen LogP contribution in [0.5, 0.6) is 0 Å². The van der Waals surface area contributed by atoms with Gasteiger partial charge in [0.25, 0.3) is 0 Å². The number of carbonyl (C=O) groups excluding carboxylic acids is 2. The molecule has 1 saturated carbocycles. The zero-order valence-corrected chi connectivity index (χ0v) is 8.95. The van der Waals surface area contributed by atoms with Gasteiger partial charge in [0.05, 0.1) is 11.8 Å². The second-order valence-electron chi connectivity index (χ2n) is 4.47. The van der Waals surface area contributed by atoms with E-state index in [0.717, 1.165) is 32.1 Å². The first-order valence-electron chi connectivity index (χ1n) is 5.81. The molecule has 0 aromatic rings. The van der Waals surface area contributed by atoms with Gasteiger partial charge in [-0.1, -0.05) is 6.42 Å². The molecule has 1 saturated heterocycles. The lowest BCUT2D eigenvalue weighted by molar-refractivity contribution is -0.140. The normalized spacial score (nSPS) is 30.1. The van der Waals surface area contributed by atoms with E-state index in [2.05, 4.69) is 0 Å². The molecule has 84 valence electrons. The standard InChI is InChI=1S/C11H18N2O2/c12-6-1-2-7-13-10(14)8-4-3-5-9(8)11(13)15/h8-9H,1-7,12H2. The van der Waals surface area contributed by atoms with Crippen molar-refractivity contribution in [2.45, 2.75) is 32.1 Å². The maximum Gasteiger partial charge on any atom is 0.233 e. The fourth-order valence-corrected chi connectivity index (χ4v) is 2.69. The quantitative estimate of drug-likeness (QED) is 0.543. The SMILES string of the molecule is NCCCCN1C(=O)C2CCCC2C1=O. The number of unbranched alkanes of at least 4 members (excludes halogenated alkanes) is 1. The second kappa shape index (κ2) is 4.31. The highest BCUT2D eigenvalue weighted by molar-refractivity contribution is 6.05. The van der Waals surface area contributed by atoms with Gasteiger partial charge in [-0.05, 0) is 32.2 Å². The summed E-state index contributed by atoms with van der Waals surface area (Å²) in [4.78, 5) is 25.2. The van der Waals surface area contributed by atoms with Crippen LogP contribution in [0.3, 0.4) is 0 Å². The van der Waals surface area contributed by atoms with Crippen molar-refractivity contribution >= 4 is 11.8 Å². The van der Waals surface area contributed by atoms with E-state index in [9.17, 15) is 9.59 Å². The first-order chi connectivity index (χ1) is 7.25. The molecule has 2 unspecified atom stereocenters. The van der Waals surface area contributed by atoms with E-state index >= 15 is 0 Å². The Hall–Kier alpha value is -0.900. The van der Waals surface area contributed by atoms with E-state index in [1.807, 2.05) is 0 Å². The third-order valence-electron chi connectivity index (χ3n) is 3.52. The molecule has 15 heavy (non-hydrogen) atoms. The number of nitrogens with two attached hydrogens (primary N) is 1. The molecule has 1 aliphatic heterocycles. The van der Waals surface area contributed by atoms with Gasteiger partial charge in [-0.15, -0.1) is 0 Å². The van der Waals surface area contributed by atoms with Gasteiger partial charge in [0.2, 0.25) is 11.8 Å². The van der Waals surface area contributed by atoms with E-state index in [0.29, 0.717) is 13.1 Å². The fraction of sp³-hybridized carbons (Fsp3) is 0.818. The number of imide groups is 1. The van der Waals surface area contributed by atoms with E-state index in [1.165, 1.54) is 4.90 Å². The third kappa shape index (κ3) is 1.78. The van der Waals surface area contributed by atoms with Crippen molar-refractivity contribution < 1.29 is 9.59 Å². The number of hydrogen-bond donors (Lipinski definition) is 1. The summed E-state index contributed by atoms with van der Waals surface area (Å²) in [5.41, 5.74) is 5.39. The maximum absolute atomic E-state index is 11.9. The summed E-state index contributed by atoms with van der Waals surface area (Å²) in [5, 5.41) is 0. The Bertz CT molecular complexity index is 256. The van der Waals surface area contributed by atoms with Gasteiger partial charge < -0.3 is 5.73 Å². The number of rotatable bonds is 4. The Morgan fingerprint density at radius 3 is 2.27 bits per heavy atom. The van der Waals surface area contributed by atoms with Crippen LogP contribution >= 0.6 is 0 Å². The van der Waals surface area contributed by atoms with Crippen LogP contribution in [0.4, 0.5) is 0 Å². The van der Waals surface area contributed by atoms with Gasteiger partial charge in [0, 0.05) is 6.54 Å². The van der Waals surface area contributed by atoms with Crippen molar-refractivity contribution in [3.8, 4) is 0 Å². The average molecular weight is 210 g/mol. The van der Waals surface area contributed by atoms with Gasteiger partial charge in [-0.3, -0.25) is 14.5 Å². The zero-order valence-electron chi connectivity index (χ0n) is 8.95. The lowest BCUT2D eigenvalue weighted by Crippen LogP contribution is -2.32. The Labute approximate surface area is 89.8 Å². The molecule has 1 heterocycles. The van der Waals surface area contributed by atoms with Crippen molar-refractivity contribution in [2.24, 2.45) is 17.6 Å². The van der Waals surface area contributed by atoms with Gasteiger partial charge in [0.15, 0.2) is 0 Å². The number of likely N-dealkylation sites (tertiary alicyclic amines) is 1. The molecular weight excluding hydrogens is 192 g/mol. The molecule has 4 heteroatoms. The topological polar surface area (TPSA) is 63.4 Å². The molecule has 0 radical (unpaired) electrons. The monoisotopic (exact) mass is 210 g/mol. The number of hydrogen-bond acceptors (Lipinski definition) is 3. The average Bonchev–Trinajstić information content (AvgIpc) is 2.77. The summed E-state index contributed by atoms with van der Waals surface area (Å²) in [7, 11) is 0. The Morgan fingerprint density at radius 2 is 1.73 bits per heavy atom. The van der Waals surface area contributed by atoms with Gasteiger partial charge >= 0.3 is 0 Å². The van der Waals surface area contributed by atoms with Crippen LogP contribution in [0.15, 0.2) is 0 Å². The molecular formula is C11H18N2O2. The number of nitrogens with zero attached hydrogens (tertiary/aromatic N) is 1. The summed E-state index contributed by atoms with van der Waals surface area (Å²) >= 11 is 0. The summed E-state index contributed by atoms with van der Waals surface area (Å²) in [6, 6.07) is 0. The lowest BCUT2D eigenvalue weighted by Gasteiger charge is -2.15. The van der Waals surface area contributed by atoms with Crippen molar-refractivity contribution in [2.75, 3.05) is 13.1 Å². The van der Waals surface area contributed by atoms with Crippen molar-refractivity contribution in [1.82, 2.24) is 4.90 Å². The molecule has 0 aromatic carbocycles. The molecule has 0 spiro atoms. The lowest BCUT2D eigenvalue weighted by atomic mass is 10.00. The largest absolute Gasteiger partial charge is 0.330 e. The first kappa shape index (κ1) is 10.6. The Morgan fingerprint density at radius 1 is 1.13 bits per heavy atom. The molecule has 4 nitrogen and oxygen atoms in total. The van der Waals surface area contributed by atoms with Gasteiger partial charge in [-0.2, -0.15) is 0 Å². The summed E-state index contributed by atoms with van der Waals surface area (Å²) < 4.78 is 0. The van der Waals surface area contributed by atoms with Crippen LogP contribution in [0.1, 0.15) is 32.1 Å². The van der Waals surface area contributed by atoms with E-state index < -0.39 is 0 Å². The predicted octanol–water partition coefficient (Wildman–Crippen LogP) is 0.510. The van der Waals surface area contributed by atoms with E-state index in [-0.39, 0.29) is 23.7 Å². The smallest absolute Gasteiger partial charge is 0.233 e. The van der Waals surface area contributed by atoms with Gasteiger partial charge in [0.1, 0.15) is 0 Å². The summed E-state index contributed by atoms with van der Waals surface area (Å²) in [6.07, 6.45) is 4.56. The predicted molar refractivity (Wildman–Crippen MR) is 55.8 cm³/mol. The van der Waals surface area contributed by atoms with Crippen LogP contribution in [0.2, 0.25) is 0 Å². The molecule has 2 rings (SSSR count). The molecule has 2 fully saturated rings. The van der Waals surface area contributed by atoms with Crippen molar-refractivity contribution in [3.05, 3.63) is 0 Å². The van der Waals surface area contributed by atoms with Crippen LogP contribution < -0.4 is 5.73 Å². The Kier molecular flexibility index (Phi) is 3.05. The minimum absolute atomic E-state index is 0.00961. The van der Waals surface area contributed by atoms with Crippen molar-refractivity contribution in [3.63, 3.8) is 0 Å². The van der Waals surface area contributed by atoms with E-state index in [1.54, 1.807) is 0 Å². The third-order valence-corrected chi connectivity index (χ3v) is 3.52. The summed E-state index contributed by atoms with van der Waals surface area (Å²) in [6.45, 7) is 1.20. The number of amides is 2.